The van der Waals surface area contributed by atoms with Crippen molar-refractivity contribution in [2.45, 2.75) is 6.92 Å². The van der Waals surface area contributed by atoms with Crippen LogP contribution in [0.4, 0.5) is 11.5 Å². The first-order valence-corrected chi connectivity index (χ1v) is 5.27. The smallest absolute Gasteiger partial charge is 0.164 e. The fourth-order valence-electron chi connectivity index (χ4n) is 0.962. The molecule has 1 aromatic rings. The summed E-state index contributed by atoms with van der Waals surface area (Å²) < 4.78 is 6.55. The third kappa shape index (κ3) is 1.15. The van der Waals surface area contributed by atoms with E-state index in [0.717, 1.165) is 17.2 Å². The van der Waals surface area contributed by atoms with Crippen LogP contribution in [0.3, 0.4) is 0 Å². The standard InChI is InChI=1S/C7H8IN3/c1-5-3-4-6-7(9-5)11(2)8-10-6/h3-4H,1-2H3. The van der Waals surface area contributed by atoms with E-state index in [4.69, 9.17) is 0 Å². The molecule has 0 atom stereocenters. The third-order valence-electron chi connectivity index (χ3n) is 1.53. The van der Waals surface area contributed by atoms with Crippen LogP contribution < -0.4 is 3.11 Å². The fourth-order valence-corrected chi connectivity index (χ4v) is 2.45. The number of anilines is 1. The van der Waals surface area contributed by atoms with Gasteiger partial charge in [-0.05, 0) is 19.1 Å². The van der Waals surface area contributed by atoms with E-state index in [1.165, 1.54) is 0 Å². The zero-order valence-corrected chi connectivity index (χ0v) is 8.53. The lowest BCUT2D eigenvalue weighted by molar-refractivity contribution is 1.16. The molecule has 0 amide bonds. The molecule has 11 heavy (non-hydrogen) atoms. The Balaban J connectivity index is 2.58. The van der Waals surface area contributed by atoms with Crippen LogP contribution in [0.2, 0.25) is 0 Å². The molecule has 2 rings (SSSR count). The largest absolute Gasteiger partial charge is 0.291 e. The van der Waals surface area contributed by atoms with Crippen molar-refractivity contribution in [2.24, 2.45) is 3.15 Å². The number of hydrogen-bond acceptors (Lipinski definition) is 3. The van der Waals surface area contributed by atoms with Crippen LogP contribution in [-0.4, -0.2) is 12.0 Å². The average Bonchev–Trinajstić information content (AvgIpc) is 2.33. The second-order valence-corrected chi connectivity index (χ2v) is 4.79. The van der Waals surface area contributed by atoms with E-state index in [-0.39, 0.29) is 21.3 Å². The summed E-state index contributed by atoms with van der Waals surface area (Å²) in [5.41, 5.74) is 2.13. The molecule has 1 aliphatic rings. The zero-order chi connectivity index (χ0) is 7.84. The van der Waals surface area contributed by atoms with Crippen molar-refractivity contribution in [2.75, 3.05) is 10.2 Å². The van der Waals surface area contributed by atoms with Crippen LogP contribution in [0.1, 0.15) is 5.69 Å². The summed E-state index contributed by atoms with van der Waals surface area (Å²) in [6.45, 7) is 2.00. The highest BCUT2D eigenvalue weighted by atomic mass is 127. The Morgan fingerprint density at radius 3 is 3.09 bits per heavy atom. The quantitative estimate of drug-likeness (QED) is 0.530. The van der Waals surface area contributed by atoms with Gasteiger partial charge in [0.15, 0.2) is 5.82 Å². The number of halogens is 1. The van der Waals surface area contributed by atoms with Gasteiger partial charge >= 0.3 is 0 Å². The number of pyridine rings is 1. The molecule has 0 spiro atoms. The summed E-state index contributed by atoms with van der Waals surface area (Å²) in [5, 5.41) is 0. The molecule has 3 nitrogen and oxygen atoms in total. The summed E-state index contributed by atoms with van der Waals surface area (Å²) in [4.78, 5) is 4.39. The molecule has 0 aromatic carbocycles. The number of hydrogen-bond donors (Lipinski definition) is 0. The molecule has 4 heteroatoms. The number of aromatic nitrogens is 1. The van der Waals surface area contributed by atoms with E-state index >= 15 is 0 Å². The van der Waals surface area contributed by atoms with Crippen LogP contribution in [-0.2, 0) is 0 Å². The molecular formula is C7H8IN3. The van der Waals surface area contributed by atoms with Crippen molar-refractivity contribution in [3.8, 4) is 0 Å². The zero-order valence-electron chi connectivity index (χ0n) is 6.37. The lowest BCUT2D eigenvalue weighted by atomic mass is 10.3. The summed E-state index contributed by atoms with van der Waals surface area (Å²) >= 11 is -0.167. The minimum atomic E-state index is -0.167. The van der Waals surface area contributed by atoms with Gasteiger partial charge in [0.05, 0.1) is 0 Å². The van der Waals surface area contributed by atoms with Crippen LogP contribution in [0, 0.1) is 6.92 Å². The van der Waals surface area contributed by atoms with Crippen molar-refractivity contribution in [3.63, 3.8) is 0 Å². The first-order chi connectivity index (χ1) is 5.27. The molecular weight excluding hydrogens is 253 g/mol. The topological polar surface area (TPSA) is 28.5 Å². The Kier molecular flexibility index (Phi) is 1.63. The van der Waals surface area contributed by atoms with Gasteiger partial charge in [0, 0.05) is 12.7 Å². The van der Waals surface area contributed by atoms with Crippen molar-refractivity contribution in [3.05, 3.63) is 17.8 Å². The lowest BCUT2D eigenvalue weighted by Crippen LogP contribution is -2.00. The number of aryl methyl sites for hydroxylation is 1. The molecule has 0 N–H and O–H groups in total. The molecule has 0 unspecified atom stereocenters. The monoisotopic (exact) mass is 261 g/mol. The molecule has 58 valence electrons. The summed E-state index contributed by atoms with van der Waals surface area (Å²) in [6.07, 6.45) is 0. The molecule has 1 aliphatic heterocycles. The average molecular weight is 261 g/mol. The van der Waals surface area contributed by atoms with E-state index in [0.29, 0.717) is 0 Å². The summed E-state index contributed by atoms with van der Waals surface area (Å²) in [7, 11) is 2.05. The van der Waals surface area contributed by atoms with E-state index in [1.54, 1.807) is 0 Å². The Bertz CT molecular complexity index is 321. The van der Waals surface area contributed by atoms with E-state index in [2.05, 4.69) is 18.3 Å². The predicted octanol–water partition coefficient (Wildman–Crippen LogP) is 2.54. The molecule has 0 saturated carbocycles. The highest BCUT2D eigenvalue weighted by Gasteiger charge is 2.13. The highest BCUT2D eigenvalue weighted by molar-refractivity contribution is 14.2. The van der Waals surface area contributed by atoms with Crippen LogP contribution >= 0.6 is 21.3 Å². The first-order valence-electron chi connectivity index (χ1n) is 3.34. The van der Waals surface area contributed by atoms with Crippen LogP contribution in [0.5, 0.6) is 0 Å². The molecule has 0 saturated heterocycles. The van der Waals surface area contributed by atoms with E-state index in [1.807, 2.05) is 19.1 Å². The summed E-state index contributed by atoms with van der Waals surface area (Å²) in [6, 6.07) is 4.05. The van der Waals surface area contributed by atoms with Gasteiger partial charge in [-0.2, -0.15) is 0 Å². The predicted molar refractivity (Wildman–Crippen MR) is 53.5 cm³/mol. The maximum Gasteiger partial charge on any atom is 0.164 e. The van der Waals surface area contributed by atoms with Gasteiger partial charge in [-0.25, -0.2) is 8.13 Å². The van der Waals surface area contributed by atoms with Gasteiger partial charge in [-0.15, -0.1) is 0 Å². The second-order valence-electron chi connectivity index (χ2n) is 2.43. The Morgan fingerprint density at radius 2 is 2.27 bits per heavy atom. The fraction of sp³-hybridized carbons (Fsp3) is 0.286. The maximum atomic E-state index is 4.39. The van der Waals surface area contributed by atoms with E-state index < -0.39 is 0 Å². The molecule has 0 aliphatic carbocycles. The lowest BCUT2D eigenvalue weighted by Gasteiger charge is -2.05. The minimum Gasteiger partial charge on any atom is -0.291 e. The third-order valence-corrected chi connectivity index (χ3v) is 3.37. The van der Waals surface area contributed by atoms with Crippen LogP contribution in [0.25, 0.3) is 0 Å². The SMILES string of the molecule is Cc1ccc2c(n1)N(C)I=N2. The van der Waals surface area contributed by atoms with Crippen molar-refractivity contribution < 1.29 is 0 Å². The minimum absolute atomic E-state index is 0.167. The highest BCUT2D eigenvalue weighted by Crippen LogP contribution is 2.38. The van der Waals surface area contributed by atoms with Crippen molar-refractivity contribution >= 4 is 32.8 Å². The summed E-state index contributed by atoms with van der Waals surface area (Å²) in [5.74, 6) is 1.05. The van der Waals surface area contributed by atoms with Gasteiger partial charge in [-0.3, -0.25) is 3.11 Å². The molecule has 1 aromatic heterocycles. The molecule has 0 bridgehead atoms. The van der Waals surface area contributed by atoms with E-state index in [9.17, 15) is 0 Å². The van der Waals surface area contributed by atoms with Crippen molar-refractivity contribution in [1.82, 2.24) is 4.98 Å². The van der Waals surface area contributed by atoms with Gasteiger partial charge in [-0.1, -0.05) is 0 Å². The number of rotatable bonds is 0. The first kappa shape index (κ1) is 7.15. The number of fused-ring (bicyclic) bond motifs is 1. The normalized spacial score (nSPS) is 14.5. The van der Waals surface area contributed by atoms with Gasteiger partial charge < -0.3 is 0 Å². The van der Waals surface area contributed by atoms with Gasteiger partial charge in [0.25, 0.3) is 0 Å². The van der Waals surface area contributed by atoms with Crippen molar-refractivity contribution in [1.29, 1.82) is 0 Å². The molecule has 2 heterocycles. The van der Waals surface area contributed by atoms with Gasteiger partial charge in [0.1, 0.15) is 27.0 Å². The maximum absolute atomic E-state index is 4.39. The Morgan fingerprint density at radius 1 is 1.45 bits per heavy atom. The molecule has 0 fully saturated rings. The van der Waals surface area contributed by atoms with Crippen LogP contribution in [0.15, 0.2) is 15.3 Å². The number of nitrogens with zero attached hydrogens (tertiary/aromatic N) is 3. The molecule has 0 radical (unpaired) electrons. The Hall–Kier alpha value is -0.520. The van der Waals surface area contributed by atoms with Gasteiger partial charge in [0.2, 0.25) is 0 Å². The second kappa shape index (κ2) is 2.51. The Labute approximate surface area is 76.0 Å².